The van der Waals surface area contributed by atoms with E-state index in [4.69, 9.17) is 5.73 Å². The van der Waals surface area contributed by atoms with Gasteiger partial charge in [-0.25, -0.2) is 0 Å². The van der Waals surface area contributed by atoms with Crippen LogP contribution in [0.5, 0.6) is 0 Å². The molecule has 0 radical (unpaired) electrons. The Kier molecular flexibility index (Phi) is 4.12. The van der Waals surface area contributed by atoms with Crippen molar-refractivity contribution in [1.29, 1.82) is 0 Å². The molecule has 0 spiro atoms. The van der Waals surface area contributed by atoms with E-state index in [1.165, 1.54) is 0 Å². The zero-order valence-corrected chi connectivity index (χ0v) is 8.55. The Morgan fingerprint density at radius 2 is 2.31 bits per heavy atom. The first-order valence-electron chi connectivity index (χ1n) is 4.35. The molecule has 3 heteroatoms. The van der Waals surface area contributed by atoms with E-state index in [0.717, 1.165) is 17.1 Å². The number of thioether (sulfide) groups is 1. The van der Waals surface area contributed by atoms with Crippen LogP contribution in [0.3, 0.4) is 0 Å². The summed E-state index contributed by atoms with van der Waals surface area (Å²) in [4.78, 5) is 0. The molecule has 3 N–H and O–H groups in total. The summed E-state index contributed by atoms with van der Waals surface area (Å²) in [6.07, 6.45) is -0.395. The number of anilines is 1. The summed E-state index contributed by atoms with van der Waals surface area (Å²) in [5.41, 5.74) is 7.22. The molecule has 1 rings (SSSR count). The third kappa shape index (κ3) is 3.28. The van der Waals surface area contributed by atoms with Crippen molar-refractivity contribution in [2.24, 2.45) is 0 Å². The van der Waals surface area contributed by atoms with E-state index in [1.807, 2.05) is 24.3 Å². The number of hydrogen-bond donors (Lipinski definition) is 2. The Bertz CT molecular complexity index is 265. The van der Waals surface area contributed by atoms with E-state index < -0.39 is 6.10 Å². The van der Waals surface area contributed by atoms with Gasteiger partial charge in [-0.05, 0) is 23.4 Å². The summed E-state index contributed by atoms with van der Waals surface area (Å²) < 4.78 is 0. The fraction of sp³-hybridized carbons (Fsp3) is 0.400. The second kappa shape index (κ2) is 5.14. The number of aliphatic hydroxyl groups excluding tert-OH is 1. The topological polar surface area (TPSA) is 46.2 Å². The molecule has 0 aliphatic rings. The lowest BCUT2D eigenvalue weighted by atomic mass is 10.1. The molecule has 72 valence electrons. The minimum absolute atomic E-state index is 0.395. The van der Waals surface area contributed by atoms with Gasteiger partial charge in [0.1, 0.15) is 0 Å². The molecule has 0 saturated carbocycles. The first kappa shape index (κ1) is 10.4. The number of nitrogen functional groups attached to an aromatic ring is 1. The van der Waals surface area contributed by atoms with Crippen molar-refractivity contribution >= 4 is 17.4 Å². The molecule has 1 atom stereocenters. The van der Waals surface area contributed by atoms with Crippen LogP contribution in [-0.2, 0) is 0 Å². The summed E-state index contributed by atoms with van der Waals surface area (Å²) in [6.45, 7) is 2.08. The first-order valence-corrected chi connectivity index (χ1v) is 5.50. The molecular weight excluding hydrogens is 182 g/mol. The van der Waals surface area contributed by atoms with Crippen molar-refractivity contribution in [2.45, 2.75) is 13.0 Å². The van der Waals surface area contributed by atoms with Crippen LogP contribution in [0.1, 0.15) is 18.6 Å². The first-order chi connectivity index (χ1) is 6.24. The molecule has 1 aromatic carbocycles. The standard InChI is InChI=1S/C10H15NOS/c1-2-13-7-10(12)8-4-3-5-9(11)6-8/h3-6,10,12H,2,7,11H2,1H3. The zero-order valence-electron chi connectivity index (χ0n) is 7.73. The summed E-state index contributed by atoms with van der Waals surface area (Å²) in [7, 11) is 0. The normalized spacial score (nSPS) is 12.8. The second-order valence-electron chi connectivity index (χ2n) is 2.85. The average Bonchev–Trinajstić information content (AvgIpc) is 2.14. The van der Waals surface area contributed by atoms with Crippen LogP contribution in [0.15, 0.2) is 24.3 Å². The molecule has 0 heterocycles. The summed E-state index contributed by atoms with van der Waals surface area (Å²) >= 11 is 1.73. The Balaban J connectivity index is 2.60. The molecule has 0 aliphatic heterocycles. The number of aliphatic hydroxyl groups is 1. The van der Waals surface area contributed by atoms with Crippen LogP contribution in [-0.4, -0.2) is 16.6 Å². The van der Waals surface area contributed by atoms with Crippen molar-refractivity contribution in [1.82, 2.24) is 0 Å². The van der Waals surface area contributed by atoms with E-state index in [-0.39, 0.29) is 0 Å². The highest BCUT2D eigenvalue weighted by molar-refractivity contribution is 7.99. The van der Waals surface area contributed by atoms with Crippen molar-refractivity contribution in [3.8, 4) is 0 Å². The Hall–Kier alpha value is -0.670. The van der Waals surface area contributed by atoms with Crippen LogP contribution in [0, 0.1) is 0 Å². The molecule has 0 aromatic heterocycles. The van der Waals surface area contributed by atoms with Gasteiger partial charge in [-0.3, -0.25) is 0 Å². The number of hydrogen-bond acceptors (Lipinski definition) is 3. The highest BCUT2D eigenvalue weighted by Gasteiger charge is 2.06. The van der Waals surface area contributed by atoms with Crippen LogP contribution in [0.25, 0.3) is 0 Å². The molecule has 13 heavy (non-hydrogen) atoms. The largest absolute Gasteiger partial charge is 0.399 e. The van der Waals surface area contributed by atoms with Crippen molar-refractivity contribution in [3.05, 3.63) is 29.8 Å². The van der Waals surface area contributed by atoms with E-state index in [9.17, 15) is 5.11 Å². The number of nitrogens with two attached hydrogens (primary N) is 1. The number of rotatable bonds is 4. The van der Waals surface area contributed by atoms with Gasteiger partial charge >= 0.3 is 0 Å². The quantitative estimate of drug-likeness (QED) is 0.726. The van der Waals surface area contributed by atoms with Crippen LogP contribution >= 0.6 is 11.8 Å². The third-order valence-electron chi connectivity index (χ3n) is 1.78. The molecule has 1 aromatic rings. The van der Waals surface area contributed by atoms with Crippen molar-refractivity contribution in [3.63, 3.8) is 0 Å². The molecule has 0 bridgehead atoms. The van der Waals surface area contributed by atoms with Crippen LogP contribution in [0.4, 0.5) is 5.69 Å². The minimum atomic E-state index is -0.395. The second-order valence-corrected chi connectivity index (χ2v) is 4.16. The molecule has 1 unspecified atom stereocenters. The Morgan fingerprint density at radius 1 is 1.54 bits per heavy atom. The lowest BCUT2D eigenvalue weighted by Crippen LogP contribution is -2.01. The lowest BCUT2D eigenvalue weighted by Gasteiger charge is -2.10. The smallest absolute Gasteiger partial charge is 0.0881 e. The minimum Gasteiger partial charge on any atom is -0.399 e. The van der Waals surface area contributed by atoms with Gasteiger partial charge in [-0.1, -0.05) is 19.1 Å². The maximum atomic E-state index is 9.70. The summed E-state index contributed by atoms with van der Waals surface area (Å²) in [5, 5.41) is 9.70. The van der Waals surface area contributed by atoms with Crippen LogP contribution in [0.2, 0.25) is 0 Å². The Morgan fingerprint density at radius 3 is 2.92 bits per heavy atom. The van der Waals surface area contributed by atoms with Gasteiger partial charge in [0.25, 0.3) is 0 Å². The molecule has 0 saturated heterocycles. The predicted molar refractivity (Wildman–Crippen MR) is 58.8 cm³/mol. The van der Waals surface area contributed by atoms with Crippen molar-refractivity contribution < 1.29 is 5.11 Å². The highest BCUT2D eigenvalue weighted by atomic mass is 32.2. The zero-order chi connectivity index (χ0) is 9.68. The van der Waals surface area contributed by atoms with Gasteiger partial charge < -0.3 is 10.8 Å². The highest BCUT2D eigenvalue weighted by Crippen LogP contribution is 2.19. The number of benzene rings is 1. The monoisotopic (exact) mass is 197 g/mol. The Labute approximate surface area is 83.1 Å². The van der Waals surface area contributed by atoms with E-state index in [1.54, 1.807) is 11.8 Å². The summed E-state index contributed by atoms with van der Waals surface area (Å²) in [5.74, 6) is 1.76. The SMILES string of the molecule is CCSCC(O)c1cccc(N)c1. The maximum absolute atomic E-state index is 9.70. The molecular formula is C10H15NOS. The molecule has 0 fully saturated rings. The van der Waals surface area contributed by atoms with Crippen molar-refractivity contribution in [2.75, 3.05) is 17.2 Å². The van der Waals surface area contributed by atoms with E-state index >= 15 is 0 Å². The predicted octanol–water partition coefficient (Wildman–Crippen LogP) is 2.06. The average molecular weight is 197 g/mol. The summed E-state index contributed by atoms with van der Waals surface area (Å²) in [6, 6.07) is 7.41. The van der Waals surface area contributed by atoms with Gasteiger partial charge in [0.15, 0.2) is 0 Å². The van der Waals surface area contributed by atoms with Crippen LogP contribution < -0.4 is 5.73 Å². The maximum Gasteiger partial charge on any atom is 0.0881 e. The van der Waals surface area contributed by atoms with E-state index in [2.05, 4.69) is 6.92 Å². The van der Waals surface area contributed by atoms with Gasteiger partial charge in [0, 0.05) is 11.4 Å². The van der Waals surface area contributed by atoms with Gasteiger partial charge in [0.2, 0.25) is 0 Å². The lowest BCUT2D eigenvalue weighted by molar-refractivity contribution is 0.204. The molecule has 0 aliphatic carbocycles. The third-order valence-corrected chi connectivity index (χ3v) is 2.73. The molecule has 2 nitrogen and oxygen atoms in total. The fourth-order valence-electron chi connectivity index (χ4n) is 1.09. The van der Waals surface area contributed by atoms with Gasteiger partial charge in [-0.15, -0.1) is 0 Å². The van der Waals surface area contributed by atoms with Gasteiger partial charge in [-0.2, -0.15) is 11.8 Å². The van der Waals surface area contributed by atoms with Gasteiger partial charge in [0.05, 0.1) is 6.10 Å². The van der Waals surface area contributed by atoms with E-state index in [0.29, 0.717) is 5.69 Å². The fourth-order valence-corrected chi connectivity index (χ4v) is 1.74. The molecule has 0 amide bonds.